The first kappa shape index (κ1) is 17.3. The second-order valence-electron chi connectivity index (χ2n) is 5.77. The number of carbonyl (C=O) groups excluding carboxylic acids is 1. The van der Waals surface area contributed by atoms with Crippen LogP contribution < -0.4 is 10.6 Å². The zero-order valence-corrected chi connectivity index (χ0v) is 13.9. The minimum Gasteiger partial charge on any atom is -0.379 e. The van der Waals surface area contributed by atoms with E-state index in [0.29, 0.717) is 12.2 Å². The van der Waals surface area contributed by atoms with Crippen molar-refractivity contribution in [2.45, 2.75) is 0 Å². The summed E-state index contributed by atoms with van der Waals surface area (Å²) in [6.45, 7) is 4.68. The predicted octanol–water partition coefficient (Wildman–Crippen LogP) is 2.03. The Bertz CT molecular complexity index is 685. The summed E-state index contributed by atoms with van der Waals surface area (Å²) in [6.07, 6.45) is 1.58. The first-order chi connectivity index (χ1) is 12.2. The van der Waals surface area contributed by atoms with Crippen molar-refractivity contribution < 1.29 is 13.9 Å². The molecule has 7 heteroatoms. The van der Waals surface area contributed by atoms with Gasteiger partial charge in [0.2, 0.25) is 0 Å². The molecule has 0 bridgehead atoms. The van der Waals surface area contributed by atoms with Crippen LogP contribution in [0.4, 0.5) is 15.8 Å². The van der Waals surface area contributed by atoms with Crippen LogP contribution in [0.3, 0.4) is 0 Å². The zero-order chi connectivity index (χ0) is 17.5. The molecule has 1 aliphatic rings. The van der Waals surface area contributed by atoms with Crippen molar-refractivity contribution in [1.29, 1.82) is 0 Å². The Morgan fingerprint density at radius 2 is 1.84 bits per heavy atom. The number of morpholine rings is 1. The summed E-state index contributed by atoms with van der Waals surface area (Å²) < 4.78 is 18.2. The number of amides is 1. The smallest absolute Gasteiger partial charge is 0.269 e. The third-order valence-electron chi connectivity index (χ3n) is 3.95. The number of benzene rings is 1. The summed E-state index contributed by atoms with van der Waals surface area (Å²) >= 11 is 0. The summed E-state index contributed by atoms with van der Waals surface area (Å²) in [4.78, 5) is 18.5. The molecule has 0 spiro atoms. The lowest BCUT2D eigenvalue weighted by Crippen LogP contribution is -2.41. The van der Waals surface area contributed by atoms with Gasteiger partial charge in [0.25, 0.3) is 5.91 Å². The number of nitrogens with zero attached hydrogens (tertiary/aromatic N) is 2. The van der Waals surface area contributed by atoms with E-state index in [1.807, 2.05) is 0 Å². The Balaban J connectivity index is 1.47. The summed E-state index contributed by atoms with van der Waals surface area (Å²) in [5.74, 6) is -0.477. The van der Waals surface area contributed by atoms with Gasteiger partial charge in [0.15, 0.2) is 0 Å². The highest BCUT2D eigenvalue weighted by Crippen LogP contribution is 2.16. The lowest BCUT2D eigenvalue weighted by molar-refractivity contribution is 0.0383. The fraction of sp³-hybridized carbons (Fsp3) is 0.333. The van der Waals surface area contributed by atoms with Crippen molar-refractivity contribution in [2.24, 2.45) is 0 Å². The van der Waals surface area contributed by atoms with Gasteiger partial charge in [0.05, 0.1) is 25.1 Å². The fourth-order valence-electron chi connectivity index (χ4n) is 2.54. The monoisotopic (exact) mass is 344 g/mol. The minimum absolute atomic E-state index is 0.193. The van der Waals surface area contributed by atoms with Gasteiger partial charge >= 0.3 is 0 Å². The quantitative estimate of drug-likeness (QED) is 0.839. The first-order valence-electron chi connectivity index (χ1n) is 8.28. The van der Waals surface area contributed by atoms with Crippen LogP contribution in [-0.2, 0) is 4.74 Å². The van der Waals surface area contributed by atoms with Crippen molar-refractivity contribution in [3.63, 3.8) is 0 Å². The lowest BCUT2D eigenvalue weighted by Gasteiger charge is -2.26. The highest BCUT2D eigenvalue weighted by molar-refractivity contribution is 5.92. The van der Waals surface area contributed by atoms with Crippen LogP contribution in [0.15, 0.2) is 42.6 Å². The highest BCUT2D eigenvalue weighted by Gasteiger charge is 2.11. The third kappa shape index (κ3) is 5.23. The molecule has 0 saturated carbocycles. The molecule has 1 aromatic carbocycles. The Kier molecular flexibility index (Phi) is 5.92. The number of rotatable bonds is 6. The summed E-state index contributed by atoms with van der Waals surface area (Å²) in [6, 6.07) is 9.48. The fourth-order valence-corrected chi connectivity index (χ4v) is 2.54. The average Bonchev–Trinajstić information content (AvgIpc) is 2.65. The largest absolute Gasteiger partial charge is 0.379 e. The van der Waals surface area contributed by atoms with Crippen LogP contribution >= 0.6 is 0 Å². The summed E-state index contributed by atoms with van der Waals surface area (Å²) in [7, 11) is 0. The molecule has 2 heterocycles. The molecule has 6 nitrogen and oxygen atoms in total. The van der Waals surface area contributed by atoms with Crippen LogP contribution in [0.2, 0.25) is 0 Å². The van der Waals surface area contributed by atoms with E-state index in [1.54, 1.807) is 30.5 Å². The molecule has 2 N–H and O–H groups in total. The second-order valence-corrected chi connectivity index (χ2v) is 5.77. The minimum atomic E-state index is -0.284. The maximum absolute atomic E-state index is 12.9. The normalized spacial score (nSPS) is 14.9. The standard InChI is InChI=1S/C18H21FN4O2/c19-14-1-3-15(4-2-14)22-16-5-6-17(21-13-16)18(24)20-7-8-23-9-11-25-12-10-23/h1-6,13,22H,7-12H2,(H,20,24). The van der Waals surface area contributed by atoms with Crippen LogP contribution in [0.5, 0.6) is 0 Å². The molecular formula is C18H21FN4O2. The Morgan fingerprint density at radius 3 is 2.52 bits per heavy atom. The Labute approximate surface area is 146 Å². The molecule has 1 saturated heterocycles. The van der Waals surface area contributed by atoms with Gasteiger partial charge in [-0.2, -0.15) is 0 Å². The molecule has 0 unspecified atom stereocenters. The molecule has 1 aromatic heterocycles. The number of aromatic nitrogens is 1. The van der Waals surface area contributed by atoms with E-state index < -0.39 is 0 Å². The van der Waals surface area contributed by atoms with E-state index in [4.69, 9.17) is 4.74 Å². The molecule has 3 rings (SSSR count). The molecular weight excluding hydrogens is 323 g/mol. The lowest BCUT2D eigenvalue weighted by atomic mass is 10.2. The van der Waals surface area contributed by atoms with Crippen molar-refractivity contribution in [3.8, 4) is 0 Å². The Hall–Kier alpha value is -2.51. The maximum Gasteiger partial charge on any atom is 0.269 e. The predicted molar refractivity (Wildman–Crippen MR) is 93.5 cm³/mol. The van der Waals surface area contributed by atoms with Gasteiger partial charge in [0.1, 0.15) is 11.5 Å². The van der Waals surface area contributed by atoms with Gasteiger partial charge < -0.3 is 15.4 Å². The van der Waals surface area contributed by atoms with Gasteiger partial charge in [-0.15, -0.1) is 0 Å². The van der Waals surface area contributed by atoms with E-state index in [0.717, 1.165) is 44.2 Å². The number of anilines is 2. The van der Waals surface area contributed by atoms with Gasteiger partial charge in [-0.05, 0) is 36.4 Å². The maximum atomic E-state index is 12.9. The van der Waals surface area contributed by atoms with Crippen molar-refractivity contribution in [1.82, 2.24) is 15.2 Å². The number of halogens is 1. The van der Waals surface area contributed by atoms with Gasteiger partial charge in [-0.1, -0.05) is 0 Å². The third-order valence-corrected chi connectivity index (χ3v) is 3.95. The number of hydrogen-bond donors (Lipinski definition) is 2. The highest BCUT2D eigenvalue weighted by atomic mass is 19.1. The summed E-state index contributed by atoms with van der Waals surface area (Å²) in [5, 5.41) is 5.98. The molecule has 0 radical (unpaired) electrons. The van der Waals surface area contributed by atoms with E-state index in [2.05, 4.69) is 20.5 Å². The molecule has 0 atom stereocenters. The molecule has 25 heavy (non-hydrogen) atoms. The molecule has 2 aromatic rings. The molecule has 1 amide bonds. The van der Waals surface area contributed by atoms with Gasteiger partial charge in [-0.25, -0.2) is 9.37 Å². The molecule has 132 valence electrons. The van der Waals surface area contributed by atoms with Crippen LogP contribution in [0, 0.1) is 5.82 Å². The van der Waals surface area contributed by atoms with E-state index in [-0.39, 0.29) is 11.7 Å². The number of carbonyl (C=O) groups is 1. The van der Waals surface area contributed by atoms with Crippen LogP contribution in [-0.4, -0.2) is 55.2 Å². The SMILES string of the molecule is O=C(NCCN1CCOCC1)c1ccc(Nc2ccc(F)cc2)cn1. The van der Waals surface area contributed by atoms with Crippen molar-refractivity contribution >= 4 is 17.3 Å². The molecule has 1 fully saturated rings. The summed E-state index contributed by atoms with van der Waals surface area (Å²) in [5.41, 5.74) is 1.86. The van der Waals surface area contributed by atoms with Crippen LogP contribution in [0.25, 0.3) is 0 Å². The number of nitrogens with one attached hydrogen (secondary N) is 2. The second kappa shape index (κ2) is 8.55. The molecule has 0 aliphatic carbocycles. The van der Waals surface area contributed by atoms with E-state index in [1.165, 1.54) is 12.1 Å². The molecule has 1 aliphatic heterocycles. The number of hydrogen-bond acceptors (Lipinski definition) is 5. The van der Waals surface area contributed by atoms with Gasteiger partial charge in [0, 0.05) is 31.9 Å². The van der Waals surface area contributed by atoms with Gasteiger partial charge in [-0.3, -0.25) is 9.69 Å². The Morgan fingerprint density at radius 1 is 1.12 bits per heavy atom. The van der Waals surface area contributed by atoms with E-state index >= 15 is 0 Å². The number of pyridine rings is 1. The first-order valence-corrected chi connectivity index (χ1v) is 8.28. The number of ether oxygens (including phenoxy) is 1. The van der Waals surface area contributed by atoms with Crippen LogP contribution in [0.1, 0.15) is 10.5 Å². The average molecular weight is 344 g/mol. The topological polar surface area (TPSA) is 66.5 Å². The zero-order valence-electron chi connectivity index (χ0n) is 13.9. The van der Waals surface area contributed by atoms with Crippen molar-refractivity contribution in [2.75, 3.05) is 44.7 Å². The van der Waals surface area contributed by atoms with Crippen molar-refractivity contribution in [3.05, 3.63) is 54.1 Å². The van der Waals surface area contributed by atoms with E-state index in [9.17, 15) is 9.18 Å².